The van der Waals surface area contributed by atoms with E-state index in [-0.39, 0.29) is 17.2 Å². The SMILES string of the molecule is CC1C(N)c2cc3c(cc2S(=O)C1C)OCCO3. The van der Waals surface area contributed by atoms with Gasteiger partial charge in [0, 0.05) is 22.3 Å². The third-order valence-electron chi connectivity index (χ3n) is 3.90. The summed E-state index contributed by atoms with van der Waals surface area (Å²) in [5, 5.41) is 0.0649. The van der Waals surface area contributed by atoms with Gasteiger partial charge in [0.25, 0.3) is 0 Å². The summed E-state index contributed by atoms with van der Waals surface area (Å²) in [6.07, 6.45) is 0. The average molecular weight is 267 g/mol. The number of hydrogen-bond acceptors (Lipinski definition) is 4. The summed E-state index contributed by atoms with van der Waals surface area (Å²) in [6.45, 7) is 5.12. The fourth-order valence-electron chi connectivity index (χ4n) is 2.49. The first-order chi connectivity index (χ1) is 8.59. The number of ether oxygens (including phenoxy) is 2. The number of nitrogens with two attached hydrogens (primary N) is 1. The molecule has 0 fully saturated rings. The van der Waals surface area contributed by atoms with Crippen molar-refractivity contribution < 1.29 is 13.7 Å². The molecule has 1 aromatic carbocycles. The number of rotatable bonds is 0. The highest BCUT2D eigenvalue weighted by atomic mass is 32.2. The highest BCUT2D eigenvalue weighted by Crippen LogP contribution is 2.42. The van der Waals surface area contributed by atoms with Crippen molar-refractivity contribution in [2.45, 2.75) is 30.0 Å². The zero-order valence-corrected chi connectivity index (χ0v) is 11.3. The van der Waals surface area contributed by atoms with Crippen molar-refractivity contribution in [3.8, 4) is 11.5 Å². The molecule has 0 saturated carbocycles. The Hall–Kier alpha value is -1.07. The van der Waals surface area contributed by atoms with Gasteiger partial charge in [0.1, 0.15) is 13.2 Å². The van der Waals surface area contributed by atoms with Gasteiger partial charge in [-0.3, -0.25) is 4.21 Å². The lowest BCUT2D eigenvalue weighted by Gasteiger charge is -2.34. The second-order valence-corrected chi connectivity index (χ2v) is 6.70. The second kappa shape index (κ2) is 4.24. The lowest BCUT2D eigenvalue weighted by Crippen LogP contribution is -2.36. The van der Waals surface area contributed by atoms with E-state index in [9.17, 15) is 4.21 Å². The lowest BCUT2D eigenvalue weighted by molar-refractivity contribution is 0.170. The molecule has 0 aliphatic carbocycles. The quantitative estimate of drug-likeness (QED) is 0.775. The predicted molar refractivity (Wildman–Crippen MR) is 69.4 cm³/mol. The van der Waals surface area contributed by atoms with Crippen LogP contribution in [0.5, 0.6) is 11.5 Å². The van der Waals surface area contributed by atoms with Gasteiger partial charge in [0.05, 0.1) is 10.8 Å². The van der Waals surface area contributed by atoms with E-state index in [2.05, 4.69) is 0 Å². The first-order valence-corrected chi connectivity index (χ1v) is 7.40. The van der Waals surface area contributed by atoms with Crippen LogP contribution in [0.4, 0.5) is 0 Å². The van der Waals surface area contributed by atoms with Crippen LogP contribution in [-0.4, -0.2) is 22.7 Å². The Bertz CT molecular complexity index is 517. The topological polar surface area (TPSA) is 61.6 Å². The van der Waals surface area contributed by atoms with E-state index in [1.54, 1.807) is 0 Å². The fraction of sp³-hybridized carbons (Fsp3) is 0.538. The van der Waals surface area contributed by atoms with E-state index in [0.29, 0.717) is 24.7 Å². The molecule has 2 heterocycles. The van der Waals surface area contributed by atoms with Crippen molar-refractivity contribution >= 4 is 10.8 Å². The normalized spacial score (nSPS) is 33.9. The molecule has 3 rings (SSSR count). The first-order valence-electron chi connectivity index (χ1n) is 6.19. The van der Waals surface area contributed by atoms with Gasteiger partial charge >= 0.3 is 0 Å². The minimum atomic E-state index is -1.02. The van der Waals surface area contributed by atoms with E-state index >= 15 is 0 Å². The smallest absolute Gasteiger partial charge is 0.162 e. The van der Waals surface area contributed by atoms with Crippen LogP contribution in [0.1, 0.15) is 25.5 Å². The van der Waals surface area contributed by atoms with Crippen LogP contribution in [0.15, 0.2) is 17.0 Å². The van der Waals surface area contributed by atoms with Gasteiger partial charge in [-0.15, -0.1) is 0 Å². The summed E-state index contributed by atoms with van der Waals surface area (Å²) in [4.78, 5) is 0.803. The van der Waals surface area contributed by atoms with Crippen molar-refractivity contribution in [1.29, 1.82) is 0 Å². The Morgan fingerprint density at radius 2 is 1.83 bits per heavy atom. The van der Waals surface area contributed by atoms with Crippen LogP contribution < -0.4 is 15.2 Å². The largest absolute Gasteiger partial charge is 0.486 e. The molecule has 5 heteroatoms. The molecule has 98 valence electrons. The monoisotopic (exact) mass is 267 g/mol. The standard InChI is InChI=1S/C13H17NO3S/c1-7-8(2)18(15)12-6-11-10(16-3-4-17-11)5-9(12)13(7)14/h5-8,13H,3-4,14H2,1-2H3. The highest BCUT2D eigenvalue weighted by molar-refractivity contribution is 7.85. The molecular weight excluding hydrogens is 250 g/mol. The van der Waals surface area contributed by atoms with E-state index in [1.165, 1.54) is 0 Å². The van der Waals surface area contributed by atoms with Crippen LogP contribution in [0, 0.1) is 5.92 Å². The van der Waals surface area contributed by atoms with Gasteiger partial charge in [0.15, 0.2) is 11.5 Å². The molecule has 2 aliphatic rings. The molecule has 0 radical (unpaired) electrons. The first kappa shape index (κ1) is 12.0. The van der Waals surface area contributed by atoms with Gasteiger partial charge in [0.2, 0.25) is 0 Å². The summed E-state index contributed by atoms with van der Waals surface area (Å²) >= 11 is 0. The maximum atomic E-state index is 12.4. The van der Waals surface area contributed by atoms with Crippen molar-refractivity contribution in [3.63, 3.8) is 0 Å². The second-order valence-electron chi connectivity index (χ2n) is 4.92. The Labute approximate surface area is 109 Å². The third-order valence-corrected chi connectivity index (χ3v) is 5.79. The fourth-order valence-corrected chi connectivity index (χ4v) is 4.10. The van der Waals surface area contributed by atoms with E-state index in [1.807, 2.05) is 26.0 Å². The molecule has 4 unspecified atom stereocenters. The average Bonchev–Trinajstić information content (AvgIpc) is 2.41. The minimum absolute atomic E-state index is 0.0649. The van der Waals surface area contributed by atoms with Crippen LogP contribution in [0.3, 0.4) is 0 Å². The van der Waals surface area contributed by atoms with Crippen LogP contribution in [0.25, 0.3) is 0 Å². The Morgan fingerprint density at radius 1 is 1.22 bits per heavy atom. The maximum absolute atomic E-state index is 12.4. The van der Waals surface area contributed by atoms with Crippen LogP contribution in [-0.2, 0) is 10.8 Å². The molecule has 1 aromatic rings. The van der Waals surface area contributed by atoms with Crippen molar-refractivity contribution in [2.75, 3.05) is 13.2 Å². The summed E-state index contributed by atoms with van der Waals surface area (Å²) in [6, 6.07) is 3.64. The lowest BCUT2D eigenvalue weighted by atomic mass is 9.92. The van der Waals surface area contributed by atoms with E-state index in [0.717, 1.165) is 10.5 Å². The zero-order chi connectivity index (χ0) is 12.9. The molecule has 0 saturated heterocycles. The zero-order valence-electron chi connectivity index (χ0n) is 10.5. The van der Waals surface area contributed by atoms with Gasteiger partial charge in [-0.1, -0.05) is 13.8 Å². The molecule has 0 aromatic heterocycles. The van der Waals surface area contributed by atoms with Gasteiger partial charge in [-0.25, -0.2) is 0 Å². The van der Waals surface area contributed by atoms with Crippen LogP contribution >= 0.6 is 0 Å². The molecule has 4 nitrogen and oxygen atoms in total. The molecule has 0 bridgehead atoms. The molecule has 2 aliphatic heterocycles. The maximum Gasteiger partial charge on any atom is 0.162 e. The summed E-state index contributed by atoms with van der Waals surface area (Å²) in [5.74, 6) is 1.59. The molecule has 18 heavy (non-hydrogen) atoms. The van der Waals surface area contributed by atoms with Crippen LogP contribution in [0.2, 0.25) is 0 Å². The summed E-state index contributed by atoms with van der Waals surface area (Å²) < 4.78 is 23.5. The molecular formula is C13H17NO3S. The van der Waals surface area contributed by atoms with Gasteiger partial charge in [-0.2, -0.15) is 0 Å². The number of fused-ring (bicyclic) bond motifs is 2. The van der Waals surface area contributed by atoms with E-state index < -0.39 is 10.8 Å². The molecule has 0 spiro atoms. The van der Waals surface area contributed by atoms with Gasteiger partial charge < -0.3 is 15.2 Å². The predicted octanol–water partition coefficient (Wildman–Crippen LogP) is 1.60. The number of benzene rings is 1. The highest BCUT2D eigenvalue weighted by Gasteiger charge is 2.36. The summed E-state index contributed by atoms with van der Waals surface area (Å²) in [7, 11) is -1.02. The van der Waals surface area contributed by atoms with Crippen molar-refractivity contribution in [1.82, 2.24) is 0 Å². The molecule has 4 atom stereocenters. The minimum Gasteiger partial charge on any atom is -0.486 e. The summed E-state index contributed by atoms with van der Waals surface area (Å²) in [5.41, 5.74) is 7.18. The molecule has 0 amide bonds. The Morgan fingerprint density at radius 3 is 2.50 bits per heavy atom. The van der Waals surface area contributed by atoms with E-state index in [4.69, 9.17) is 15.2 Å². The Balaban J connectivity index is 2.15. The van der Waals surface area contributed by atoms with Gasteiger partial charge in [-0.05, 0) is 17.5 Å². The Kier molecular flexibility index (Phi) is 2.83. The number of hydrogen-bond donors (Lipinski definition) is 1. The third kappa shape index (κ3) is 1.65. The molecule has 2 N–H and O–H groups in total. The van der Waals surface area contributed by atoms with Crippen molar-refractivity contribution in [3.05, 3.63) is 17.7 Å². The van der Waals surface area contributed by atoms with Crippen molar-refractivity contribution in [2.24, 2.45) is 11.7 Å².